The summed E-state index contributed by atoms with van der Waals surface area (Å²) in [5.74, 6) is 0.168. The normalized spacial score (nSPS) is 17.7. The fourth-order valence-electron chi connectivity index (χ4n) is 2.39. The van der Waals surface area contributed by atoms with Crippen molar-refractivity contribution in [3.05, 3.63) is 25.0 Å². The Balaban J connectivity index is 2.44. The van der Waals surface area contributed by atoms with Crippen LogP contribution in [0, 0.1) is 11.3 Å². The predicted molar refractivity (Wildman–Crippen MR) is 88.6 cm³/mol. The molecule has 0 bridgehead atoms. The third kappa shape index (κ3) is 3.37. The Morgan fingerprint density at radius 2 is 1.95 bits per heavy atom. The summed E-state index contributed by atoms with van der Waals surface area (Å²) in [7, 11) is 0. The Labute approximate surface area is 143 Å². The predicted octanol–water partition coefficient (Wildman–Crippen LogP) is 3.54. The molecule has 0 radical (unpaired) electrons. The van der Waals surface area contributed by atoms with Crippen molar-refractivity contribution in [2.45, 2.75) is 12.5 Å². The molecule has 1 saturated heterocycles. The van der Waals surface area contributed by atoms with Gasteiger partial charge in [-0.2, -0.15) is 5.26 Å². The lowest BCUT2D eigenvalue weighted by atomic mass is 10.0. The van der Waals surface area contributed by atoms with Gasteiger partial charge in [0.05, 0.1) is 27.5 Å². The van der Waals surface area contributed by atoms with E-state index in [4.69, 9.17) is 5.26 Å². The molecule has 1 heterocycles. The van der Waals surface area contributed by atoms with E-state index in [9.17, 15) is 5.11 Å². The molecule has 0 amide bonds. The van der Waals surface area contributed by atoms with Crippen molar-refractivity contribution >= 4 is 47.8 Å². The number of benzene rings is 1. The Morgan fingerprint density at radius 1 is 1.30 bits per heavy atom. The molecule has 1 fully saturated rings. The molecular weight excluding hydrogens is 454 g/mol. The summed E-state index contributed by atoms with van der Waals surface area (Å²) in [5, 5.41) is 22.5. The summed E-state index contributed by atoms with van der Waals surface area (Å²) in [6.07, 6.45) is 0.387. The number of hydrogen-bond acceptors (Lipinski definition) is 4. The fourth-order valence-corrected chi connectivity index (χ4v) is 5.04. The van der Waals surface area contributed by atoms with Gasteiger partial charge in [0.25, 0.3) is 0 Å². The Kier molecular flexibility index (Phi) is 5.87. The van der Waals surface area contributed by atoms with Gasteiger partial charge < -0.3 is 10.4 Å². The maximum Gasteiger partial charge on any atom is 0.144 e. The molecule has 0 unspecified atom stereocenters. The van der Waals surface area contributed by atoms with Crippen LogP contribution in [0.4, 0.5) is 0 Å². The first kappa shape index (κ1) is 16.2. The van der Waals surface area contributed by atoms with E-state index in [1.54, 1.807) is 0 Å². The molecule has 1 aromatic rings. The molecule has 1 aliphatic heterocycles. The molecule has 2 rings (SSSR count). The van der Waals surface area contributed by atoms with E-state index < -0.39 is 0 Å². The second kappa shape index (κ2) is 7.23. The third-order valence-corrected chi connectivity index (χ3v) is 5.45. The number of phenolic OH excluding ortho intramolecular Hbond substituents is 1. The number of piperazine rings is 1. The number of halogens is 3. The number of nitrogens with one attached hydrogen (secondary N) is 1. The van der Waals surface area contributed by atoms with Crippen molar-refractivity contribution < 1.29 is 5.11 Å². The average molecular weight is 468 g/mol. The van der Waals surface area contributed by atoms with Gasteiger partial charge >= 0.3 is 0 Å². The van der Waals surface area contributed by atoms with Gasteiger partial charge in [0.15, 0.2) is 0 Å². The lowest BCUT2D eigenvalue weighted by Crippen LogP contribution is -2.45. The highest BCUT2D eigenvalue weighted by Crippen LogP contribution is 2.44. The van der Waals surface area contributed by atoms with Gasteiger partial charge in [0.1, 0.15) is 5.75 Å². The summed E-state index contributed by atoms with van der Waals surface area (Å²) in [5.41, 5.74) is 0.925. The molecule has 0 aliphatic carbocycles. The van der Waals surface area contributed by atoms with Crippen LogP contribution in [-0.2, 0) is 0 Å². The van der Waals surface area contributed by atoms with Gasteiger partial charge in [-0.15, -0.1) is 0 Å². The molecule has 0 spiro atoms. The number of nitrogens with zero attached hydrogens (tertiary/aromatic N) is 2. The second-order valence-corrected chi connectivity index (χ2v) is 7.08. The zero-order valence-electron chi connectivity index (χ0n) is 10.7. The van der Waals surface area contributed by atoms with Crippen molar-refractivity contribution in [1.82, 2.24) is 10.2 Å². The summed E-state index contributed by atoms with van der Waals surface area (Å²) < 4.78 is 2.14. The molecule has 2 N–H and O–H groups in total. The minimum absolute atomic E-state index is 0.0372. The minimum Gasteiger partial charge on any atom is -0.506 e. The van der Waals surface area contributed by atoms with Crippen LogP contribution in [0.2, 0.25) is 0 Å². The molecule has 4 nitrogen and oxygen atoms in total. The van der Waals surface area contributed by atoms with E-state index in [0.29, 0.717) is 15.4 Å². The Morgan fingerprint density at radius 3 is 2.55 bits per heavy atom. The molecule has 1 aliphatic rings. The van der Waals surface area contributed by atoms with Crippen molar-refractivity contribution in [2.24, 2.45) is 0 Å². The molecule has 1 atom stereocenters. The number of rotatable bonds is 3. The Hall–Kier alpha value is -0.130. The van der Waals surface area contributed by atoms with E-state index in [-0.39, 0.29) is 11.8 Å². The monoisotopic (exact) mass is 465 g/mol. The lowest BCUT2D eigenvalue weighted by molar-refractivity contribution is 0.174. The largest absolute Gasteiger partial charge is 0.506 e. The topological polar surface area (TPSA) is 59.3 Å². The van der Waals surface area contributed by atoms with E-state index in [1.807, 2.05) is 6.07 Å². The lowest BCUT2D eigenvalue weighted by Gasteiger charge is -2.35. The zero-order valence-corrected chi connectivity index (χ0v) is 15.4. The van der Waals surface area contributed by atoms with E-state index >= 15 is 0 Å². The van der Waals surface area contributed by atoms with Crippen molar-refractivity contribution in [2.75, 3.05) is 26.2 Å². The summed E-state index contributed by atoms with van der Waals surface area (Å²) in [4.78, 5) is 2.28. The molecule has 0 aromatic heterocycles. The van der Waals surface area contributed by atoms with Gasteiger partial charge in [-0.1, -0.05) is 15.9 Å². The van der Waals surface area contributed by atoms with Crippen LogP contribution in [0.3, 0.4) is 0 Å². The van der Waals surface area contributed by atoms with Crippen molar-refractivity contribution in [1.29, 1.82) is 5.26 Å². The van der Waals surface area contributed by atoms with Crippen LogP contribution in [0.1, 0.15) is 18.0 Å². The van der Waals surface area contributed by atoms with Gasteiger partial charge in [0.2, 0.25) is 0 Å². The van der Waals surface area contributed by atoms with Gasteiger partial charge in [-0.25, -0.2) is 0 Å². The van der Waals surface area contributed by atoms with Gasteiger partial charge in [0, 0.05) is 36.2 Å². The average Bonchev–Trinajstić information content (AvgIpc) is 2.45. The Bertz CT molecular complexity index is 539. The number of aromatic hydroxyl groups is 1. The summed E-state index contributed by atoms with van der Waals surface area (Å²) in [6.45, 7) is 3.61. The van der Waals surface area contributed by atoms with Crippen LogP contribution in [0.25, 0.3) is 0 Å². The maximum atomic E-state index is 10.1. The fraction of sp³-hybridized carbons (Fsp3) is 0.462. The SMILES string of the molecule is N#CC[C@@H](c1c(Br)cc(Br)c(O)c1Br)N1CCNCC1. The first-order valence-electron chi connectivity index (χ1n) is 6.24. The first-order valence-corrected chi connectivity index (χ1v) is 8.62. The van der Waals surface area contributed by atoms with Crippen LogP contribution >= 0.6 is 47.8 Å². The molecule has 0 saturated carbocycles. The molecule has 1 aromatic carbocycles. The highest BCUT2D eigenvalue weighted by Gasteiger charge is 2.27. The molecular formula is C13H14Br3N3O. The van der Waals surface area contributed by atoms with Crippen molar-refractivity contribution in [3.63, 3.8) is 0 Å². The van der Waals surface area contributed by atoms with E-state index in [1.165, 1.54) is 0 Å². The van der Waals surface area contributed by atoms with Crippen LogP contribution in [0.5, 0.6) is 5.75 Å². The highest BCUT2D eigenvalue weighted by molar-refractivity contribution is 9.11. The zero-order chi connectivity index (χ0) is 14.7. The second-order valence-electron chi connectivity index (χ2n) is 4.58. The van der Waals surface area contributed by atoms with Crippen LogP contribution < -0.4 is 5.32 Å². The van der Waals surface area contributed by atoms with Crippen molar-refractivity contribution in [3.8, 4) is 11.8 Å². The first-order chi connectivity index (χ1) is 9.56. The van der Waals surface area contributed by atoms with Crippen LogP contribution in [0.15, 0.2) is 19.5 Å². The van der Waals surface area contributed by atoms with Gasteiger partial charge in [-0.3, -0.25) is 4.90 Å². The van der Waals surface area contributed by atoms with E-state index in [0.717, 1.165) is 36.2 Å². The maximum absolute atomic E-state index is 10.1. The van der Waals surface area contributed by atoms with Crippen LogP contribution in [-0.4, -0.2) is 36.2 Å². The molecule has 7 heteroatoms. The molecule has 108 valence electrons. The summed E-state index contributed by atoms with van der Waals surface area (Å²) >= 11 is 10.3. The quantitative estimate of drug-likeness (QED) is 0.714. The molecule has 20 heavy (non-hydrogen) atoms. The third-order valence-electron chi connectivity index (χ3n) is 3.39. The number of nitriles is 1. The number of phenols is 1. The standard InChI is InChI=1S/C13H14Br3N3O/c14-8-7-9(15)13(20)12(16)11(8)10(1-2-17)19-5-3-18-4-6-19/h7,10,18,20H,1,3-6H2/t10-/m0/s1. The van der Waals surface area contributed by atoms with Gasteiger partial charge in [-0.05, 0) is 37.9 Å². The number of hydrogen-bond donors (Lipinski definition) is 2. The minimum atomic E-state index is -0.0372. The smallest absolute Gasteiger partial charge is 0.144 e. The summed E-state index contributed by atoms with van der Waals surface area (Å²) in [6, 6.07) is 4.04. The highest BCUT2D eigenvalue weighted by atomic mass is 79.9. The van der Waals surface area contributed by atoms with E-state index in [2.05, 4.69) is 64.1 Å².